The summed E-state index contributed by atoms with van der Waals surface area (Å²) >= 11 is 1.71. The van der Waals surface area contributed by atoms with Gasteiger partial charge in [-0.05, 0) is 41.5 Å². The van der Waals surface area contributed by atoms with Gasteiger partial charge in [0.25, 0.3) is 6.73 Å². The maximum atomic E-state index is 14.1. The number of carbonyl (C=O) groups excluding carboxylic acids is 3. The van der Waals surface area contributed by atoms with E-state index in [2.05, 4.69) is 4.57 Å². The number of aromatic nitrogens is 3. The third-order valence-electron chi connectivity index (χ3n) is 7.30. The Morgan fingerprint density at radius 2 is 1.81 bits per heavy atom. The zero-order valence-electron chi connectivity index (χ0n) is 23.3. The van der Waals surface area contributed by atoms with Gasteiger partial charge in [0.2, 0.25) is 0 Å². The number of amides is 1. The van der Waals surface area contributed by atoms with Crippen molar-refractivity contribution in [3.05, 3.63) is 114 Å². The first-order valence-corrected chi connectivity index (χ1v) is 14.4. The molecule has 2 aromatic carbocycles. The Kier molecular flexibility index (Phi) is 7.16. The van der Waals surface area contributed by atoms with Gasteiger partial charge in [0.05, 0.1) is 5.52 Å². The smallest absolute Gasteiger partial charge is 0.328 e. The molecule has 0 unspecified atom stereocenters. The second kappa shape index (κ2) is 10.9. The molecule has 212 valence electrons. The maximum Gasteiger partial charge on any atom is 0.328 e. The summed E-state index contributed by atoms with van der Waals surface area (Å²) in [5, 5.41) is 0.624. The van der Waals surface area contributed by atoms with E-state index in [4.69, 9.17) is 4.74 Å². The van der Waals surface area contributed by atoms with Crippen molar-refractivity contribution in [3.63, 3.8) is 0 Å². The van der Waals surface area contributed by atoms with E-state index < -0.39 is 0 Å². The van der Waals surface area contributed by atoms with Gasteiger partial charge in [-0.3, -0.25) is 14.2 Å². The summed E-state index contributed by atoms with van der Waals surface area (Å²) in [5.74, 6) is -0.193. The fraction of sp³-hybridized carbons (Fsp3) is 0.188. The van der Waals surface area contributed by atoms with E-state index in [-0.39, 0.29) is 35.7 Å². The molecular formula is C32H28FN4O4S+. The summed E-state index contributed by atoms with van der Waals surface area (Å²) in [6.45, 7) is 1.50. The molecular weight excluding hydrogens is 555 g/mol. The minimum absolute atomic E-state index is 0.0405. The van der Waals surface area contributed by atoms with Crippen LogP contribution < -0.4 is 4.57 Å². The molecule has 0 fully saturated rings. The highest BCUT2D eigenvalue weighted by molar-refractivity contribution is 7.99. The molecule has 0 saturated heterocycles. The van der Waals surface area contributed by atoms with Crippen molar-refractivity contribution in [2.75, 3.05) is 14.1 Å². The van der Waals surface area contributed by atoms with Gasteiger partial charge in [-0.2, -0.15) is 4.57 Å². The van der Waals surface area contributed by atoms with Crippen molar-refractivity contribution in [2.45, 2.75) is 24.8 Å². The molecule has 10 heteroatoms. The highest BCUT2D eigenvalue weighted by Crippen LogP contribution is 2.42. The maximum absolute atomic E-state index is 14.1. The van der Waals surface area contributed by atoms with Gasteiger partial charge in [-0.25, -0.2) is 9.18 Å². The lowest BCUT2D eigenvalue weighted by Gasteiger charge is -2.12. The molecule has 1 amide bonds. The van der Waals surface area contributed by atoms with E-state index in [9.17, 15) is 18.8 Å². The number of halogens is 1. The highest BCUT2D eigenvalue weighted by Gasteiger charge is 2.31. The first kappa shape index (κ1) is 27.5. The minimum atomic E-state index is -0.348. The Bertz CT molecular complexity index is 1860. The summed E-state index contributed by atoms with van der Waals surface area (Å²) < 4.78 is 24.0. The quantitative estimate of drug-likeness (QED) is 0.148. The monoisotopic (exact) mass is 583 g/mol. The number of hydrogen-bond donors (Lipinski definition) is 0. The molecule has 1 atom stereocenters. The number of ether oxygens (including phenoxy) is 1. The molecule has 1 aliphatic heterocycles. The van der Waals surface area contributed by atoms with Crippen LogP contribution in [0.2, 0.25) is 0 Å². The van der Waals surface area contributed by atoms with E-state index in [1.165, 1.54) is 28.5 Å². The SMILES string of the molecule is CC(=O)OC[n+]1cccc([C@H]2SCc3c(C(=O)c4cn(C(=O)N(C)C)c5cc(-c6ccc(F)cc6)ccc45)ccn32)c1. The third-order valence-corrected chi connectivity index (χ3v) is 8.55. The normalized spacial score (nSPS) is 14.1. The van der Waals surface area contributed by atoms with Gasteiger partial charge in [0, 0.05) is 73.0 Å². The number of pyridine rings is 1. The Hall–Kier alpha value is -4.70. The molecule has 3 aromatic heterocycles. The molecule has 0 spiro atoms. The summed E-state index contributed by atoms with van der Waals surface area (Å²) in [5.41, 5.74) is 5.17. The van der Waals surface area contributed by atoms with E-state index in [1.54, 1.807) is 44.2 Å². The van der Waals surface area contributed by atoms with Crippen LogP contribution in [0.15, 0.2) is 85.5 Å². The van der Waals surface area contributed by atoms with E-state index in [0.717, 1.165) is 22.4 Å². The van der Waals surface area contributed by atoms with Crippen LogP contribution in [0.1, 0.15) is 39.5 Å². The molecule has 5 aromatic rings. The molecule has 0 bridgehead atoms. The topological polar surface area (TPSA) is 77.4 Å². The Labute approximate surface area is 245 Å². The van der Waals surface area contributed by atoms with Gasteiger partial charge in [-0.15, -0.1) is 11.8 Å². The van der Waals surface area contributed by atoms with Crippen LogP contribution in [-0.2, 0) is 22.0 Å². The lowest BCUT2D eigenvalue weighted by Crippen LogP contribution is -2.35. The lowest BCUT2D eigenvalue weighted by molar-refractivity contribution is -0.727. The molecule has 0 saturated carbocycles. The standard InChI is InChI=1S/C32H28FN4O4S/c1-20(38)41-19-35-13-4-5-23(16-35)31-36-14-12-26(29(36)18-42-31)30(39)27-17-37(32(40)34(2)3)28-15-22(8-11-25(27)28)21-6-9-24(33)10-7-21/h4-17,31H,18-19H2,1-3H3/q+1/t31-/m1/s1. The second-order valence-corrected chi connectivity index (χ2v) is 11.4. The van der Waals surface area contributed by atoms with Crippen molar-refractivity contribution in [3.8, 4) is 11.1 Å². The number of fused-ring (bicyclic) bond motifs is 2. The molecule has 42 heavy (non-hydrogen) atoms. The average Bonchev–Trinajstić information content (AvgIpc) is 3.69. The summed E-state index contributed by atoms with van der Waals surface area (Å²) in [6.07, 6.45) is 7.32. The number of nitrogens with zero attached hydrogens (tertiary/aromatic N) is 4. The van der Waals surface area contributed by atoms with Crippen LogP contribution in [0, 0.1) is 5.82 Å². The van der Waals surface area contributed by atoms with Crippen LogP contribution in [0.25, 0.3) is 22.0 Å². The third kappa shape index (κ3) is 4.98. The molecule has 6 rings (SSSR count). The number of thioether (sulfide) groups is 1. The van der Waals surface area contributed by atoms with E-state index in [1.807, 2.05) is 59.6 Å². The van der Waals surface area contributed by atoms with Crippen LogP contribution >= 0.6 is 11.8 Å². The number of esters is 1. The largest absolute Gasteiger partial charge is 0.405 e. The summed E-state index contributed by atoms with van der Waals surface area (Å²) in [6, 6.07) is 17.2. The lowest BCUT2D eigenvalue weighted by atomic mass is 10.00. The number of carbonyl (C=O) groups is 3. The van der Waals surface area contributed by atoms with Crippen molar-refractivity contribution >= 4 is 40.4 Å². The van der Waals surface area contributed by atoms with Gasteiger partial charge < -0.3 is 14.2 Å². The second-order valence-electron chi connectivity index (χ2n) is 10.3. The average molecular weight is 584 g/mol. The first-order valence-electron chi connectivity index (χ1n) is 13.3. The Morgan fingerprint density at radius 3 is 2.55 bits per heavy atom. The zero-order chi connectivity index (χ0) is 29.5. The predicted octanol–water partition coefficient (Wildman–Crippen LogP) is 5.61. The fourth-order valence-electron chi connectivity index (χ4n) is 5.24. The summed E-state index contributed by atoms with van der Waals surface area (Å²) in [7, 11) is 3.33. The number of benzene rings is 2. The molecule has 4 heterocycles. The van der Waals surface area contributed by atoms with Crippen molar-refractivity contribution in [2.24, 2.45) is 0 Å². The van der Waals surface area contributed by atoms with Crippen LogP contribution in [0.5, 0.6) is 0 Å². The van der Waals surface area contributed by atoms with Crippen LogP contribution in [0.3, 0.4) is 0 Å². The Morgan fingerprint density at radius 1 is 1.05 bits per heavy atom. The highest BCUT2D eigenvalue weighted by atomic mass is 32.2. The van der Waals surface area contributed by atoms with Gasteiger partial charge in [0.15, 0.2) is 18.2 Å². The van der Waals surface area contributed by atoms with Crippen molar-refractivity contribution in [1.82, 2.24) is 14.0 Å². The summed E-state index contributed by atoms with van der Waals surface area (Å²) in [4.78, 5) is 39.9. The van der Waals surface area contributed by atoms with Crippen LogP contribution in [0.4, 0.5) is 9.18 Å². The molecule has 1 aliphatic rings. The molecule has 0 radical (unpaired) electrons. The van der Waals surface area contributed by atoms with E-state index >= 15 is 0 Å². The van der Waals surface area contributed by atoms with Crippen molar-refractivity contribution in [1.29, 1.82) is 0 Å². The van der Waals surface area contributed by atoms with E-state index in [0.29, 0.717) is 27.8 Å². The van der Waals surface area contributed by atoms with Crippen molar-refractivity contribution < 1.29 is 28.1 Å². The molecule has 8 nitrogen and oxygen atoms in total. The van der Waals surface area contributed by atoms with Crippen LogP contribution in [-0.4, -0.2) is 45.9 Å². The van der Waals surface area contributed by atoms with Gasteiger partial charge >= 0.3 is 12.0 Å². The number of rotatable bonds is 6. The van der Waals surface area contributed by atoms with Gasteiger partial charge in [0.1, 0.15) is 11.2 Å². The molecule has 0 aliphatic carbocycles. The number of ketones is 1. The first-order chi connectivity index (χ1) is 20.2. The predicted molar refractivity (Wildman–Crippen MR) is 158 cm³/mol. The zero-order valence-corrected chi connectivity index (χ0v) is 24.1. The Balaban J connectivity index is 1.37. The fourth-order valence-corrected chi connectivity index (χ4v) is 6.55. The molecule has 0 N–H and O–H groups in total. The number of hydrogen-bond acceptors (Lipinski definition) is 5. The van der Waals surface area contributed by atoms with Gasteiger partial charge in [-0.1, -0.05) is 24.3 Å². The minimum Gasteiger partial charge on any atom is -0.405 e.